The van der Waals surface area contributed by atoms with Crippen LogP contribution in [0.2, 0.25) is 0 Å². The molecule has 3 heterocycles. The van der Waals surface area contributed by atoms with Gasteiger partial charge < -0.3 is 9.84 Å². The van der Waals surface area contributed by atoms with Crippen LogP contribution in [-0.2, 0) is 19.4 Å². The minimum absolute atomic E-state index is 0.505. The summed E-state index contributed by atoms with van der Waals surface area (Å²) in [5, 5.41) is 11.3. The number of hydrogen-bond donors (Lipinski definition) is 1. The van der Waals surface area contributed by atoms with Crippen molar-refractivity contribution >= 4 is 0 Å². The molecule has 2 aromatic rings. The van der Waals surface area contributed by atoms with Crippen molar-refractivity contribution in [3.63, 3.8) is 0 Å². The average molecular weight is 364 g/mol. The standard InChI is InChI=1S/C24H29NO2/c26-24(12-10-18-6-9-23-20(14-18)11-13-27-23)15-21-7-8-22(16-24)25(21)17-19-4-2-1-3-5-19/h1-6,9,14,21-22,26H,7-8,10-13,15-17H2. The second-order valence-electron chi connectivity index (χ2n) is 8.72. The second-order valence-corrected chi connectivity index (χ2v) is 8.72. The van der Waals surface area contributed by atoms with E-state index in [-0.39, 0.29) is 0 Å². The van der Waals surface area contributed by atoms with Crippen molar-refractivity contribution < 1.29 is 9.84 Å². The van der Waals surface area contributed by atoms with Gasteiger partial charge in [0, 0.05) is 25.0 Å². The molecular weight excluding hydrogens is 334 g/mol. The van der Waals surface area contributed by atoms with E-state index in [0.29, 0.717) is 12.1 Å². The summed E-state index contributed by atoms with van der Waals surface area (Å²) >= 11 is 0. The van der Waals surface area contributed by atoms with Crippen molar-refractivity contribution in [1.82, 2.24) is 4.90 Å². The molecule has 0 spiro atoms. The molecule has 2 unspecified atom stereocenters. The molecule has 3 aliphatic heterocycles. The Bertz CT molecular complexity index is 789. The lowest BCUT2D eigenvalue weighted by atomic mass is 9.81. The highest BCUT2D eigenvalue weighted by atomic mass is 16.5. The lowest BCUT2D eigenvalue weighted by Crippen LogP contribution is -2.50. The minimum Gasteiger partial charge on any atom is -0.493 e. The Labute approximate surface area is 162 Å². The SMILES string of the molecule is OC1(CCc2ccc3c(c2)CCO3)CC2CCC(C1)N2Cc1ccccc1. The normalized spacial score (nSPS) is 29.5. The molecule has 3 nitrogen and oxygen atoms in total. The van der Waals surface area contributed by atoms with E-state index in [0.717, 1.165) is 51.0 Å². The number of aryl methyl sites for hydroxylation is 1. The first-order valence-corrected chi connectivity index (χ1v) is 10.5. The molecule has 5 rings (SSSR count). The van der Waals surface area contributed by atoms with Gasteiger partial charge in [-0.2, -0.15) is 0 Å². The van der Waals surface area contributed by atoms with Crippen LogP contribution < -0.4 is 4.74 Å². The summed E-state index contributed by atoms with van der Waals surface area (Å²) in [6.07, 6.45) is 7.16. The third-order valence-electron chi connectivity index (χ3n) is 6.84. The Morgan fingerprint density at radius 2 is 1.78 bits per heavy atom. The summed E-state index contributed by atoms with van der Waals surface area (Å²) in [5.74, 6) is 1.05. The van der Waals surface area contributed by atoms with Crippen LogP contribution in [-0.4, -0.2) is 34.3 Å². The summed E-state index contributed by atoms with van der Waals surface area (Å²) < 4.78 is 5.61. The topological polar surface area (TPSA) is 32.7 Å². The van der Waals surface area contributed by atoms with Gasteiger partial charge >= 0.3 is 0 Å². The lowest BCUT2D eigenvalue weighted by Gasteiger charge is -2.44. The van der Waals surface area contributed by atoms with Gasteiger partial charge in [0.1, 0.15) is 5.75 Å². The summed E-state index contributed by atoms with van der Waals surface area (Å²) in [7, 11) is 0. The smallest absolute Gasteiger partial charge is 0.122 e. The molecule has 3 aliphatic rings. The number of aliphatic hydroxyl groups is 1. The first kappa shape index (κ1) is 17.3. The van der Waals surface area contributed by atoms with Crippen LogP contribution in [0.1, 0.15) is 48.8 Å². The van der Waals surface area contributed by atoms with Gasteiger partial charge in [0.15, 0.2) is 0 Å². The van der Waals surface area contributed by atoms with E-state index >= 15 is 0 Å². The van der Waals surface area contributed by atoms with E-state index < -0.39 is 5.60 Å². The fourth-order valence-corrected chi connectivity index (χ4v) is 5.44. The van der Waals surface area contributed by atoms with Crippen molar-refractivity contribution in [2.75, 3.05) is 6.61 Å². The first-order valence-electron chi connectivity index (χ1n) is 10.5. The molecule has 0 aromatic heterocycles. The Kier molecular flexibility index (Phi) is 4.45. The van der Waals surface area contributed by atoms with E-state index in [1.54, 1.807) is 0 Å². The van der Waals surface area contributed by atoms with E-state index in [4.69, 9.17) is 4.74 Å². The number of nitrogens with zero attached hydrogens (tertiary/aromatic N) is 1. The van der Waals surface area contributed by atoms with Crippen LogP contribution in [0.15, 0.2) is 48.5 Å². The summed E-state index contributed by atoms with van der Waals surface area (Å²) in [4.78, 5) is 2.65. The molecule has 3 heteroatoms. The zero-order valence-corrected chi connectivity index (χ0v) is 15.9. The van der Waals surface area contributed by atoms with Gasteiger partial charge in [-0.25, -0.2) is 0 Å². The predicted molar refractivity (Wildman–Crippen MR) is 107 cm³/mol. The molecule has 27 heavy (non-hydrogen) atoms. The third kappa shape index (κ3) is 3.51. The Balaban J connectivity index is 1.23. The molecule has 0 amide bonds. The average Bonchev–Trinajstić information content (AvgIpc) is 3.24. The molecule has 0 radical (unpaired) electrons. The molecule has 2 saturated heterocycles. The van der Waals surface area contributed by atoms with Crippen LogP contribution in [0.3, 0.4) is 0 Å². The van der Waals surface area contributed by atoms with Gasteiger partial charge in [-0.15, -0.1) is 0 Å². The van der Waals surface area contributed by atoms with Crippen molar-refractivity contribution in [3.8, 4) is 5.75 Å². The number of fused-ring (bicyclic) bond motifs is 3. The summed E-state index contributed by atoms with van der Waals surface area (Å²) in [5.41, 5.74) is 3.55. The van der Waals surface area contributed by atoms with Gasteiger partial charge in [0.25, 0.3) is 0 Å². The van der Waals surface area contributed by atoms with Crippen LogP contribution in [0.4, 0.5) is 0 Å². The molecule has 2 atom stereocenters. The number of rotatable bonds is 5. The van der Waals surface area contributed by atoms with Crippen molar-refractivity contribution in [3.05, 3.63) is 65.2 Å². The van der Waals surface area contributed by atoms with Crippen molar-refractivity contribution in [2.45, 2.75) is 69.2 Å². The number of ether oxygens (including phenoxy) is 1. The summed E-state index contributed by atoms with van der Waals surface area (Å²) in [6.45, 7) is 1.83. The maximum Gasteiger partial charge on any atom is 0.122 e. The van der Waals surface area contributed by atoms with E-state index in [1.807, 2.05) is 0 Å². The van der Waals surface area contributed by atoms with Gasteiger partial charge in [0.05, 0.1) is 12.2 Å². The number of benzene rings is 2. The molecule has 0 aliphatic carbocycles. The van der Waals surface area contributed by atoms with Crippen LogP contribution in [0, 0.1) is 0 Å². The van der Waals surface area contributed by atoms with Gasteiger partial charge in [-0.05, 0) is 61.3 Å². The molecule has 142 valence electrons. The predicted octanol–water partition coefficient (Wildman–Crippen LogP) is 4.11. The first-order chi connectivity index (χ1) is 13.2. The van der Waals surface area contributed by atoms with Crippen LogP contribution in [0.25, 0.3) is 0 Å². The van der Waals surface area contributed by atoms with Crippen LogP contribution >= 0.6 is 0 Å². The fraction of sp³-hybridized carbons (Fsp3) is 0.500. The van der Waals surface area contributed by atoms with Crippen molar-refractivity contribution in [2.24, 2.45) is 0 Å². The zero-order chi connectivity index (χ0) is 18.3. The Hall–Kier alpha value is -1.84. The maximum absolute atomic E-state index is 11.3. The molecule has 2 aromatic carbocycles. The molecule has 2 bridgehead atoms. The van der Waals surface area contributed by atoms with Gasteiger partial charge in [-0.3, -0.25) is 4.90 Å². The van der Waals surface area contributed by atoms with E-state index in [1.165, 1.54) is 29.5 Å². The number of piperidine rings is 1. The van der Waals surface area contributed by atoms with E-state index in [9.17, 15) is 5.11 Å². The quantitative estimate of drug-likeness (QED) is 0.868. The molecular formula is C24H29NO2. The lowest BCUT2D eigenvalue weighted by molar-refractivity contribution is -0.0595. The summed E-state index contributed by atoms with van der Waals surface area (Å²) in [6, 6.07) is 18.4. The zero-order valence-electron chi connectivity index (χ0n) is 15.9. The second kappa shape index (κ2) is 6.96. The van der Waals surface area contributed by atoms with E-state index in [2.05, 4.69) is 53.4 Å². The largest absolute Gasteiger partial charge is 0.493 e. The van der Waals surface area contributed by atoms with Crippen molar-refractivity contribution in [1.29, 1.82) is 0 Å². The monoisotopic (exact) mass is 363 g/mol. The molecule has 1 N–H and O–H groups in total. The highest BCUT2D eigenvalue weighted by Crippen LogP contribution is 2.43. The third-order valence-corrected chi connectivity index (χ3v) is 6.84. The Morgan fingerprint density at radius 3 is 2.56 bits per heavy atom. The maximum atomic E-state index is 11.3. The highest BCUT2D eigenvalue weighted by molar-refractivity contribution is 5.39. The number of hydrogen-bond acceptors (Lipinski definition) is 3. The fourth-order valence-electron chi connectivity index (χ4n) is 5.44. The molecule has 0 saturated carbocycles. The van der Waals surface area contributed by atoms with Gasteiger partial charge in [0.2, 0.25) is 0 Å². The van der Waals surface area contributed by atoms with Gasteiger partial charge in [-0.1, -0.05) is 42.5 Å². The highest BCUT2D eigenvalue weighted by Gasteiger charge is 2.46. The Morgan fingerprint density at radius 1 is 1.00 bits per heavy atom. The molecule has 2 fully saturated rings. The minimum atomic E-state index is -0.505. The van der Waals surface area contributed by atoms with Crippen LogP contribution in [0.5, 0.6) is 5.75 Å².